The highest BCUT2D eigenvalue weighted by Crippen LogP contribution is 2.35. The first-order valence-corrected chi connectivity index (χ1v) is 8.87. The lowest BCUT2D eigenvalue weighted by Crippen LogP contribution is -2.34. The minimum atomic E-state index is -0.229. The summed E-state index contributed by atoms with van der Waals surface area (Å²) in [6.45, 7) is 11.8. The van der Waals surface area contributed by atoms with Gasteiger partial charge in [0.1, 0.15) is 17.2 Å². The zero-order valence-corrected chi connectivity index (χ0v) is 16.3. The molecule has 5 heteroatoms. The minimum absolute atomic E-state index is 0.0736. The minimum Gasteiger partial charge on any atom is -0.508 e. The second-order valence-corrected chi connectivity index (χ2v) is 7.17. The highest BCUT2D eigenvalue weighted by molar-refractivity contribution is 5.89. The molecule has 26 heavy (non-hydrogen) atoms. The summed E-state index contributed by atoms with van der Waals surface area (Å²) in [5.74, 6) is 1.90. The van der Waals surface area contributed by atoms with Gasteiger partial charge in [-0.15, -0.1) is 0 Å². The molecule has 0 aliphatic carbocycles. The maximum Gasteiger partial charge on any atom is 0.319 e. The van der Waals surface area contributed by atoms with Crippen LogP contribution in [0.1, 0.15) is 50.3 Å². The fraction of sp³-hybridized carbons (Fsp3) is 0.381. The van der Waals surface area contributed by atoms with Gasteiger partial charge in [-0.2, -0.15) is 0 Å². The number of aryl methyl sites for hydroxylation is 2. The number of amides is 2. The predicted octanol–water partition coefficient (Wildman–Crippen LogP) is 5.45. The summed E-state index contributed by atoms with van der Waals surface area (Å²) in [6.07, 6.45) is 0. The zero-order valence-electron chi connectivity index (χ0n) is 16.3. The summed E-state index contributed by atoms with van der Waals surface area (Å²) < 4.78 is 6.07. The molecular weight excluding hydrogens is 328 g/mol. The van der Waals surface area contributed by atoms with Crippen molar-refractivity contribution in [1.29, 1.82) is 0 Å². The van der Waals surface area contributed by atoms with Crippen molar-refractivity contribution in [3.05, 3.63) is 47.0 Å². The first kappa shape index (κ1) is 19.6. The molecule has 0 saturated carbocycles. The summed E-state index contributed by atoms with van der Waals surface area (Å²) in [5.41, 5.74) is 3.41. The van der Waals surface area contributed by atoms with Crippen LogP contribution in [0.3, 0.4) is 0 Å². The van der Waals surface area contributed by atoms with Crippen LogP contribution >= 0.6 is 0 Å². The largest absolute Gasteiger partial charge is 0.508 e. The Morgan fingerprint density at radius 3 is 2.19 bits per heavy atom. The van der Waals surface area contributed by atoms with Crippen LogP contribution in [0.15, 0.2) is 30.3 Å². The molecule has 0 aliphatic heterocycles. The Labute approximate surface area is 155 Å². The van der Waals surface area contributed by atoms with Crippen molar-refractivity contribution < 1.29 is 14.6 Å². The van der Waals surface area contributed by atoms with Gasteiger partial charge in [-0.1, -0.05) is 13.8 Å². The molecule has 2 rings (SSSR count). The summed E-state index contributed by atoms with van der Waals surface area (Å²) in [4.78, 5) is 11.9. The molecule has 140 valence electrons. The molecule has 0 bridgehead atoms. The molecule has 2 amide bonds. The fourth-order valence-electron chi connectivity index (χ4n) is 2.79. The van der Waals surface area contributed by atoms with Gasteiger partial charge in [-0.05, 0) is 75.1 Å². The van der Waals surface area contributed by atoms with Gasteiger partial charge in [0.25, 0.3) is 0 Å². The number of hydrogen-bond donors (Lipinski definition) is 3. The van der Waals surface area contributed by atoms with Gasteiger partial charge in [0.15, 0.2) is 0 Å². The third-order valence-electron chi connectivity index (χ3n) is 3.98. The summed E-state index contributed by atoms with van der Waals surface area (Å²) >= 11 is 0. The monoisotopic (exact) mass is 356 g/mol. The number of nitrogens with one attached hydrogen (secondary N) is 2. The van der Waals surface area contributed by atoms with E-state index in [9.17, 15) is 9.90 Å². The lowest BCUT2D eigenvalue weighted by atomic mass is 10.0. The Morgan fingerprint density at radius 1 is 1.04 bits per heavy atom. The molecule has 3 N–H and O–H groups in total. The van der Waals surface area contributed by atoms with Crippen molar-refractivity contribution in [2.75, 3.05) is 5.32 Å². The molecule has 0 aromatic heterocycles. The first-order chi connectivity index (χ1) is 12.2. The Hall–Kier alpha value is -2.69. The Bertz CT molecular complexity index is 775. The number of urea groups is 1. The molecule has 0 heterocycles. The van der Waals surface area contributed by atoms with E-state index in [1.807, 2.05) is 59.7 Å². The summed E-state index contributed by atoms with van der Waals surface area (Å²) in [5, 5.41) is 15.6. The van der Waals surface area contributed by atoms with E-state index < -0.39 is 0 Å². The van der Waals surface area contributed by atoms with Gasteiger partial charge in [0.05, 0.1) is 0 Å². The van der Waals surface area contributed by atoms with Gasteiger partial charge in [-0.25, -0.2) is 4.79 Å². The van der Waals surface area contributed by atoms with Crippen LogP contribution < -0.4 is 15.4 Å². The van der Waals surface area contributed by atoms with Gasteiger partial charge in [0.2, 0.25) is 0 Å². The quantitative estimate of drug-likeness (QED) is 0.666. The maximum atomic E-state index is 11.9. The van der Waals surface area contributed by atoms with Crippen LogP contribution in [0.5, 0.6) is 17.2 Å². The fourth-order valence-corrected chi connectivity index (χ4v) is 2.79. The zero-order chi connectivity index (χ0) is 19.4. The lowest BCUT2D eigenvalue weighted by Gasteiger charge is -2.16. The number of ether oxygens (including phenoxy) is 1. The summed E-state index contributed by atoms with van der Waals surface area (Å²) in [6, 6.07) is 8.88. The molecular formula is C21H28N2O3. The van der Waals surface area contributed by atoms with E-state index in [-0.39, 0.29) is 23.7 Å². The van der Waals surface area contributed by atoms with E-state index in [1.165, 1.54) is 0 Å². The predicted molar refractivity (Wildman–Crippen MR) is 105 cm³/mol. The third kappa shape index (κ3) is 4.91. The second kappa shape index (κ2) is 8.13. The van der Waals surface area contributed by atoms with E-state index in [0.29, 0.717) is 5.75 Å². The Morgan fingerprint density at radius 2 is 1.65 bits per heavy atom. The van der Waals surface area contributed by atoms with Crippen molar-refractivity contribution in [2.45, 2.75) is 53.5 Å². The smallest absolute Gasteiger partial charge is 0.319 e. The van der Waals surface area contributed by atoms with Crippen molar-refractivity contribution in [3.8, 4) is 17.2 Å². The lowest BCUT2D eigenvalue weighted by molar-refractivity contribution is 0.250. The molecule has 0 spiro atoms. The van der Waals surface area contributed by atoms with Crippen LogP contribution in [0.25, 0.3) is 0 Å². The van der Waals surface area contributed by atoms with Gasteiger partial charge < -0.3 is 20.5 Å². The van der Waals surface area contributed by atoms with Crippen LogP contribution in [0.4, 0.5) is 10.5 Å². The van der Waals surface area contributed by atoms with Gasteiger partial charge >= 0.3 is 6.03 Å². The van der Waals surface area contributed by atoms with Crippen LogP contribution in [0.2, 0.25) is 0 Å². The number of rotatable bonds is 5. The highest BCUT2D eigenvalue weighted by Gasteiger charge is 2.12. The normalized spacial score (nSPS) is 10.9. The third-order valence-corrected chi connectivity index (χ3v) is 3.98. The van der Waals surface area contributed by atoms with Crippen molar-refractivity contribution in [3.63, 3.8) is 0 Å². The number of anilines is 1. The number of phenols is 1. The summed E-state index contributed by atoms with van der Waals surface area (Å²) in [7, 11) is 0. The van der Waals surface area contributed by atoms with Crippen LogP contribution in [-0.2, 0) is 0 Å². The van der Waals surface area contributed by atoms with E-state index in [1.54, 1.807) is 12.1 Å². The van der Waals surface area contributed by atoms with E-state index >= 15 is 0 Å². The molecule has 2 aromatic rings. The van der Waals surface area contributed by atoms with Crippen molar-refractivity contribution in [1.82, 2.24) is 5.32 Å². The number of aromatic hydroxyl groups is 1. The molecule has 0 unspecified atom stereocenters. The molecule has 0 fully saturated rings. The first-order valence-electron chi connectivity index (χ1n) is 8.87. The topological polar surface area (TPSA) is 70.6 Å². The highest BCUT2D eigenvalue weighted by atomic mass is 16.5. The van der Waals surface area contributed by atoms with Crippen molar-refractivity contribution in [2.24, 2.45) is 0 Å². The van der Waals surface area contributed by atoms with Gasteiger partial charge in [-0.3, -0.25) is 0 Å². The Kier molecular flexibility index (Phi) is 6.14. The molecule has 0 atom stereocenters. The number of phenolic OH excluding ortho intramolecular Hbond substituents is 1. The number of carbonyl (C=O) groups excluding carboxylic acids is 1. The number of benzene rings is 2. The maximum absolute atomic E-state index is 11.9. The number of hydrogen-bond acceptors (Lipinski definition) is 3. The molecule has 0 aliphatic rings. The average molecular weight is 356 g/mol. The molecule has 2 aromatic carbocycles. The number of carbonyl (C=O) groups is 1. The second-order valence-electron chi connectivity index (χ2n) is 7.17. The van der Waals surface area contributed by atoms with Crippen LogP contribution in [-0.4, -0.2) is 17.2 Å². The molecule has 5 nitrogen and oxygen atoms in total. The van der Waals surface area contributed by atoms with Crippen LogP contribution in [0, 0.1) is 13.8 Å². The molecule has 0 radical (unpaired) electrons. The van der Waals surface area contributed by atoms with Gasteiger partial charge in [0, 0.05) is 17.3 Å². The SMILES string of the molecule is Cc1cc(NC(=O)NC(C)C)cc(C)c1Oc1ccc(O)c(C(C)C)c1. The molecule has 0 saturated heterocycles. The Balaban J connectivity index is 2.23. The van der Waals surface area contributed by atoms with E-state index in [0.717, 1.165) is 28.1 Å². The van der Waals surface area contributed by atoms with Crippen molar-refractivity contribution >= 4 is 11.7 Å². The van der Waals surface area contributed by atoms with E-state index in [4.69, 9.17) is 4.74 Å². The average Bonchev–Trinajstić information content (AvgIpc) is 2.51. The van der Waals surface area contributed by atoms with E-state index in [2.05, 4.69) is 10.6 Å². The standard InChI is InChI=1S/C21H28N2O3/c1-12(2)18-11-17(7-8-19(18)24)26-20-14(5)9-16(10-15(20)6)23-21(25)22-13(3)4/h7-13,24H,1-6H3,(H2,22,23,25).